The quantitative estimate of drug-likeness (QED) is 0.599. The third-order valence-corrected chi connectivity index (χ3v) is 3.58. The number of nitrogens with one attached hydrogen (secondary N) is 2. The molecule has 1 aromatic rings. The van der Waals surface area contributed by atoms with E-state index in [0.717, 1.165) is 6.42 Å². The molecule has 5 N–H and O–H groups in total. The molecule has 2 rings (SSSR count). The topological polar surface area (TPSA) is 122 Å². The highest BCUT2D eigenvalue weighted by Crippen LogP contribution is 2.21. The van der Waals surface area contributed by atoms with E-state index in [1.807, 2.05) is 0 Å². The number of carboxylic acids is 1. The Kier molecular flexibility index (Phi) is 3.84. The molecule has 0 spiro atoms. The van der Waals surface area contributed by atoms with E-state index in [2.05, 4.69) is 10.6 Å². The van der Waals surface area contributed by atoms with Gasteiger partial charge in [-0.15, -0.1) is 0 Å². The average Bonchev–Trinajstić information content (AvgIpc) is 2.41. The van der Waals surface area contributed by atoms with Gasteiger partial charge in [0.1, 0.15) is 5.54 Å². The number of hydrogen-bond acceptors (Lipinski definition) is 4. The molecule has 0 aromatic heterocycles. The number of piperidine rings is 1. The third-order valence-electron chi connectivity index (χ3n) is 3.58. The normalized spacial score (nSPS) is 21.5. The zero-order valence-corrected chi connectivity index (χ0v) is 11.6. The van der Waals surface area contributed by atoms with E-state index in [4.69, 9.17) is 5.73 Å². The van der Waals surface area contributed by atoms with E-state index in [0.29, 0.717) is 13.0 Å². The van der Waals surface area contributed by atoms with Gasteiger partial charge >= 0.3 is 5.97 Å². The number of amides is 2. The average molecular weight is 291 g/mol. The molecule has 0 unspecified atom stereocenters. The fraction of sp³-hybridized carbons (Fsp3) is 0.357. The lowest BCUT2D eigenvalue weighted by molar-refractivity contribution is -0.128. The minimum Gasteiger partial charge on any atom is -0.478 e. The molecule has 112 valence electrons. The molecule has 1 fully saturated rings. The number of nitrogen functional groups attached to an aromatic ring is 1. The first-order chi connectivity index (χ1) is 9.85. The maximum atomic E-state index is 12.3. The van der Waals surface area contributed by atoms with Gasteiger partial charge in [0.15, 0.2) is 0 Å². The highest BCUT2D eigenvalue weighted by atomic mass is 16.4. The number of benzene rings is 1. The van der Waals surface area contributed by atoms with Crippen molar-refractivity contribution in [3.8, 4) is 0 Å². The number of carbonyl (C=O) groups excluding carboxylic acids is 2. The smallest absolute Gasteiger partial charge is 0.338 e. The second-order valence-corrected chi connectivity index (χ2v) is 5.22. The van der Waals surface area contributed by atoms with Crippen molar-refractivity contribution in [1.29, 1.82) is 0 Å². The molecule has 7 nitrogen and oxygen atoms in total. The van der Waals surface area contributed by atoms with E-state index >= 15 is 0 Å². The summed E-state index contributed by atoms with van der Waals surface area (Å²) in [6, 6.07) is 4.29. The van der Waals surface area contributed by atoms with Crippen LogP contribution in [0.4, 0.5) is 5.69 Å². The van der Waals surface area contributed by atoms with Crippen molar-refractivity contribution in [3.63, 3.8) is 0 Å². The number of carboxylic acid groups (broad SMARTS) is 1. The fourth-order valence-corrected chi connectivity index (χ4v) is 2.39. The SMILES string of the molecule is C[C@]1(NC(=O)c2cccc(N)c2C(=O)O)CCCNC1=O. The van der Waals surface area contributed by atoms with Crippen LogP contribution in [0.5, 0.6) is 0 Å². The number of carbonyl (C=O) groups is 3. The molecule has 0 saturated carbocycles. The Morgan fingerprint density at radius 3 is 2.76 bits per heavy atom. The van der Waals surface area contributed by atoms with Gasteiger partial charge in [-0.25, -0.2) is 4.79 Å². The van der Waals surface area contributed by atoms with Crippen LogP contribution in [0, 0.1) is 0 Å². The van der Waals surface area contributed by atoms with E-state index in [1.165, 1.54) is 18.2 Å². The van der Waals surface area contributed by atoms with Crippen molar-refractivity contribution in [2.75, 3.05) is 12.3 Å². The van der Waals surface area contributed by atoms with Crippen molar-refractivity contribution in [2.45, 2.75) is 25.3 Å². The number of rotatable bonds is 3. The monoisotopic (exact) mass is 291 g/mol. The largest absolute Gasteiger partial charge is 0.478 e. The Balaban J connectivity index is 2.31. The Labute approximate surface area is 121 Å². The van der Waals surface area contributed by atoms with E-state index in [-0.39, 0.29) is 22.7 Å². The second kappa shape index (κ2) is 5.43. The Morgan fingerprint density at radius 2 is 2.14 bits per heavy atom. The molecule has 21 heavy (non-hydrogen) atoms. The van der Waals surface area contributed by atoms with Gasteiger partial charge in [0.2, 0.25) is 5.91 Å². The summed E-state index contributed by atoms with van der Waals surface area (Å²) in [5.74, 6) is -2.18. The van der Waals surface area contributed by atoms with Crippen molar-refractivity contribution < 1.29 is 19.5 Å². The Bertz CT molecular complexity index is 614. The fourth-order valence-electron chi connectivity index (χ4n) is 2.39. The summed E-state index contributed by atoms with van der Waals surface area (Å²) in [5, 5.41) is 14.5. The molecule has 1 atom stereocenters. The van der Waals surface area contributed by atoms with Crippen LogP contribution in [0.25, 0.3) is 0 Å². The number of hydrogen-bond donors (Lipinski definition) is 4. The van der Waals surface area contributed by atoms with Gasteiger partial charge in [-0.3, -0.25) is 9.59 Å². The predicted octanol–water partition coefficient (Wildman–Crippen LogP) is 0.366. The van der Waals surface area contributed by atoms with E-state index < -0.39 is 17.4 Å². The summed E-state index contributed by atoms with van der Waals surface area (Å²) in [5.41, 5.74) is 4.27. The minimum absolute atomic E-state index is 0.00778. The van der Waals surface area contributed by atoms with Gasteiger partial charge in [0, 0.05) is 12.2 Å². The van der Waals surface area contributed by atoms with Gasteiger partial charge in [0.05, 0.1) is 11.1 Å². The highest BCUT2D eigenvalue weighted by Gasteiger charge is 2.37. The first-order valence-electron chi connectivity index (χ1n) is 6.58. The van der Waals surface area contributed by atoms with Crippen molar-refractivity contribution in [3.05, 3.63) is 29.3 Å². The third kappa shape index (κ3) is 2.81. The molecule has 1 heterocycles. The van der Waals surface area contributed by atoms with E-state index in [1.54, 1.807) is 6.92 Å². The highest BCUT2D eigenvalue weighted by molar-refractivity contribution is 6.09. The van der Waals surface area contributed by atoms with Crippen LogP contribution in [-0.2, 0) is 4.79 Å². The molecule has 1 aliphatic rings. The lowest BCUT2D eigenvalue weighted by Gasteiger charge is -2.33. The van der Waals surface area contributed by atoms with Crippen LogP contribution in [0.1, 0.15) is 40.5 Å². The van der Waals surface area contributed by atoms with Gasteiger partial charge in [-0.1, -0.05) is 6.07 Å². The summed E-state index contributed by atoms with van der Waals surface area (Å²) in [7, 11) is 0. The van der Waals surface area contributed by atoms with Crippen LogP contribution in [0.3, 0.4) is 0 Å². The Morgan fingerprint density at radius 1 is 1.43 bits per heavy atom. The zero-order valence-electron chi connectivity index (χ0n) is 11.6. The number of nitrogens with two attached hydrogens (primary N) is 1. The molecule has 0 aliphatic carbocycles. The molecule has 0 bridgehead atoms. The number of anilines is 1. The van der Waals surface area contributed by atoms with Crippen LogP contribution in [-0.4, -0.2) is 35.0 Å². The van der Waals surface area contributed by atoms with Crippen LogP contribution < -0.4 is 16.4 Å². The maximum Gasteiger partial charge on any atom is 0.338 e. The summed E-state index contributed by atoms with van der Waals surface area (Å²) in [6.45, 7) is 2.19. The molecule has 1 aliphatic heterocycles. The number of aromatic carboxylic acids is 1. The van der Waals surface area contributed by atoms with Gasteiger partial charge < -0.3 is 21.5 Å². The first kappa shape index (κ1) is 14.8. The van der Waals surface area contributed by atoms with Crippen LogP contribution in [0.15, 0.2) is 18.2 Å². The lowest BCUT2D eigenvalue weighted by atomic mass is 9.90. The molecule has 7 heteroatoms. The van der Waals surface area contributed by atoms with Crippen LogP contribution in [0.2, 0.25) is 0 Å². The van der Waals surface area contributed by atoms with Crippen molar-refractivity contribution in [1.82, 2.24) is 10.6 Å². The van der Waals surface area contributed by atoms with E-state index in [9.17, 15) is 19.5 Å². The van der Waals surface area contributed by atoms with Gasteiger partial charge in [-0.05, 0) is 31.9 Å². The molecule has 2 amide bonds. The first-order valence-corrected chi connectivity index (χ1v) is 6.58. The molecular formula is C14H17N3O4. The summed E-state index contributed by atoms with van der Waals surface area (Å²) in [4.78, 5) is 35.5. The summed E-state index contributed by atoms with van der Waals surface area (Å²) in [6.07, 6.45) is 1.24. The van der Waals surface area contributed by atoms with Crippen molar-refractivity contribution in [2.24, 2.45) is 0 Å². The standard InChI is InChI=1S/C14H17N3O4/c1-14(6-3-7-16-13(14)21)17-11(18)8-4-2-5-9(15)10(8)12(19)20/h2,4-5H,3,6-7,15H2,1H3,(H,16,21)(H,17,18)(H,19,20)/t14-/m0/s1. The van der Waals surface area contributed by atoms with Gasteiger partial charge in [0.25, 0.3) is 5.91 Å². The Hall–Kier alpha value is -2.57. The predicted molar refractivity (Wildman–Crippen MR) is 75.9 cm³/mol. The summed E-state index contributed by atoms with van der Waals surface area (Å²) >= 11 is 0. The maximum absolute atomic E-state index is 12.3. The zero-order chi connectivity index (χ0) is 15.6. The molecule has 0 radical (unpaired) electrons. The van der Waals surface area contributed by atoms with Gasteiger partial charge in [-0.2, -0.15) is 0 Å². The lowest BCUT2D eigenvalue weighted by Crippen LogP contribution is -2.59. The molecular weight excluding hydrogens is 274 g/mol. The minimum atomic E-state index is -1.28. The molecule has 1 aromatic carbocycles. The second-order valence-electron chi connectivity index (χ2n) is 5.22. The molecule has 1 saturated heterocycles. The van der Waals surface area contributed by atoms with Crippen LogP contribution >= 0.6 is 0 Å². The van der Waals surface area contributed by atoms with Crippen molar-refractivity contribution >= 4 is 23.5 Å². The summed E-state index contributed by atoms with van der Waals surface area (Å²) < 4.78 is 0.